The molecule has 1 aliphatic rings. The Labute approximate surface area is 109 Å². The highest BCUT2D eigenvalue weighted by Gasteiger charge is 2.40. The van der Waals surface area contributed by atoms with E-state index < -0.39 is 12.1 Å². The lowest BCUT2D eigenvalue weighted by molar-refractivity contribution is -0.185. The van der Waals surface area contributed by atoms with E-state index in [0.29, 0.717) is 24.8 Å². The molecule has 1 aromatic heterocycles. The van der Waals surface area contributed by atoms with Gasteiger partial charge in [0.25, 0.3) is 0 Å². The first-order valence-electron chi connectivity index (χ1n) is 5.85. The molecule has 6 heteroatoms. The van der Waals surface area contributed by atoms with Crippen LogP contribution in [-0.4, -0.2) is 29.1 Å². The molecule has 1 fully saturated rings. The first-order chi connectivity index (χ1) is 8.45. The minimum absolute atomic E-state index is 0.171. The monoisotopic (exact) mass is 278 g/mol. The third-order valence-corrected chi connectivity index (χ3v) is 3.42. The molecule has 0 spiro atoms. The van der Waals surface area contributed by atoms with Crippen molar-refractivity contribution in [1.82, 2.24) is 9.88 Å². The minimum Gasteiger partial charge on any atom is -0.297 e. The zero-order chi connectivity index (χ0) is 13.2. The van der Waals surface area contributed by atoms with E-state index in [1.807, 2.05) is 11.0 Å². The van der Waals surface area contributed by atoms with Crippen molar-refractivity contribution in [1.29, 1.82) is 0 Å². The largest absolute Gasteiger partial charge is 0.391 e. The summed E-state index contributed by atoms with van der Waals surface area (Å²) in [6.07, 6.45) is -3.71. The van der Waals surface area contributed by atoms with Crippen molar-refractivity contribution in [3.8, 4) is 0 Å². The van der Waals surface area contributed by atoms with Crippen molar-refractivity contribution in [2.24, 2.45) is 5.92 Å². The second-order valence-corrected chi connectivity index (χ2v) is 4.93. The molecule has 2 nitrogen and oxygen atoms in total. The van der Waals surface area contributed by atoms with Gasteiger partial charge in [-0.1, -0.05) is 17.7 Å². The van der Waals surface area contributed by atoms with Gasteiger partial charge >= 0.3 is 6.18 Å². The fourth-order valence-electron chi connectivity index (χ4n) is 2.19. The van der Waals surface area contributed by atoms with Gasteiger partial charge < -0.3 is 0 Å². The first kappa shape index (κ1) is 13.6. The molecule has 0 N–H and O–H groups in total. The molecule has 0 radical (unpaired) electrons. The van der Waals surface area contributed by atoms with Crippen LogP contribution < -0.4 is 0 Å². The predicted molar refractivity (Wildman–Crippen MR) is 63.3 cm³/mol. The normalized spacial score (nSPS) is 19.1. The van der Waals surface area contributed by atoms with Crippen LogP contribution in [0.4, 0.5) is 13.2 Å². The number of hydrogen-bond acceptors (Lipinski definition) is 2. The summed E-state index contributed by atoms with van der Waals surface area (Å²) in [7, 11) is 0. The topological polar surface area (TPSA) is 16.1 Å². The SMILES string of the molecule is FC(F)(F)C1CCN(Cc2cccc(Cl)n2)CC1. The number of aromatic nitrogens is 1. The summed E-state index contributed by atoms with van der Waals surface area (Å²) < 4.78 is 37.5. The van der Waals surface area contributed by atoms with E-state index in [4.69, 9.17) is 11.6 Å². The van der Waals surface area contributed by atoms with Crippen LogP contribution >= 0.6 is 11.6 Å². The zero-order valence-electron chi connectivity index (χ0n) is 9.75. The van der Waals surface area contributed by atoms with Crippen LogP contribution in [0.25, 0.3) is 0 Å². The van der Waals surface area contributed by atoms with Crippen molar-refractivity contribution in [2.45, 2.75) is 25.6 Å². The fraction of sp³-hybridized carbons (Fsp3) is 0.583. The predicted octanol–water partition coefficient (Wildman–Crippen LogP) is 3.51. The van der Waals surface area contributed by atoms with Gasteiger partial charge in [-0.2, -0.15) is 13.2 Å². The summed E-state index contributed by atoms with van der Waals surface area (Å²) in [5.41, 5.74) is 0.799. The number of nitrogens with zero attached hydrogens (tertiary/aromatic N) is 2. The highest BCUT2D eigenvalue weighted by atomic mass is 35.5. The molecule has 2 rings (SSSR count). The molecule has 0 atom stereocenters. The Hall–Kier alpha value is -0.810. The molecule has 1 aliphatic heterocycles. The highest BCUT2D eigenvalue weighted by Crippen LogP contribution is 2.34. The number of halogens is 4. The third-order valence-electron chi connectivity index (χ3n) is 3.21. The molecule has 100 valence electrons. The van der Waals surface area contributed by atoms with Crippen LogP contribution in [0.15, 0.2) is 18.2 Å². The molecule has 2 heterocycles. The molecule has 18 heavy (non-hydrogen) atoms. The lowest BCUT2D eigenvalue weighted by Gasteiger charge is -2.32. The van der Waals surface area contributed by atoms with E-state index in [1.54, 1.807) is 12.1 Å². The summed E-state index contributed by atoms with van der Waals surface area (Å²) in [6, 6.07) is 5.32. The van der Waals surface area contributed by atoms with Crippen LogP contribution in [0.2, 0.25) is 5.15 Å². The molecule has 1 aromatic rings. The minimum atomic E-state index is -4.06. The molecular formula is C12H14ClF3N2. The maximum Gasteiger partial charge on any atom is 0.391 e. The summed E-state index contributed by atoms with van der Waals surface area (Å²) in [5.74, 6) is -1.15. The molecule has 0 bridgehead atoms. The van der Waals surface area contributed by atoms with E-state index >= 15 is 0 Å². The Morgan fingerprint density at radius 2 is 1.94 bits per heavy atom. The molecule has 0 aliphatic carbocycles. The van der Waals surface area contributed by atoms with Gasteiger partial charge in [0.05, 0.1) is 11.6 Å². The Balaban J connectivity index is 1.87. The number of rotatable bonds is 2. The molecule has 0 amide bonds. The smallest absolute Gasteiger partial charge is 0.297 e. The van der Waals surface area contributed by atoms with E-state index in [1.165, 1.54) is 0 Å². The van der Waals surface area contributed by atoms with Gasteiger partial charge in [0.1, 0.15) is 5.15 Å². The number of pyridine rings is 1. The highest BCUT2D eigenvalue weighted by molar-refractivity contribution is 6.29. The molecule has 0 aromatic carbocycles. The van der Waals surface area contributed by atoms with Crippen LogP contribution in [0.3, 0.4) is 0 Å². The second kappa shape index (κ2) is 5.45. The van der Waals surface area contributed by atoms with Crippen molar-refractivity contribution in [2.75, 3.05) is 13.1 Å². The average molecular weight is 279 g/mol. The van der Waals surface area contributed by atoms with Gasteiger partial charge in [0, 0.05) is 6.54 Å². The quantitative estimate of drug-likeness (QED) is 0.770. The van der Waals surface area contributed by atoms with Crippen molar-refractivity contribution >= 4 is 11.6 Å². The second-order valence-electron chi connectivity index (χ2n) is 4.54. The van der Waals surface area contributed by atoms with Crippen molar-refractivity contribution in [3.63, 3.8) is 0 Å². The molecule has 0 unspecified atom stereocenters. The Morgan fingerprint density at radius 3 is 2.50 bits per heavy atom. The molecule has 0 saturated carbocycles. The number of hydrogen-bond donors (Lipinski definition) is 0. The lowest BCUT2D eigenvalue weighted by atomic mass is 9.96. The zero-order valence-corrected chi connectivity index (χ0v) is 10.5. The van der Waals surface area contributed by atoms with Gasteiger partial charge in [0.2, 0.25) is 0 Å². The maximum absolute atomic E-state index is 12.5. The lowest BCUT2D eigenvalue weighted by Crippen LogP contribution is -2.38. The Bertz CT molecular complexity index is 401. The summed E-state index contributed by atoms with van der Waals surface area (Å²) in [4.78, 5) is 6.12. The van der Waals surface area contributed by atoms with Gasteiger partial charge in [-0.05, 0) is 38.1 Å². The number of likely N-dealkylation sites (tertiary alicyclic amines) is 1. The van der Waals surface area contributed by atoms with Gasteiger partial charge in [-0.15, -0.1) is 0 Å². The van der Waals surface area contributed by atoms with E-state index in [9.17, 15) is 13.2 Å². The van der Waals surface area contributed by atoms with Crippen LogP contribution in [-0.2, 0) is 6.54 Å². The summed E-state index contributed by atoms with van der Waals surface area (Å²) >= 11 is 5.77. The van der Waals surface area contributed by atoms with Crippen LogP contribution in [0, 0.1) is 5.92 Å². The van der Waals surface area contributed by atoms with Crippen LogP contribution in [0.5, 0.6) is 0 Å². The Morgan fingerprint density at radius 1 is 1.28 bits per heavy atom. The van der Waals surface area contributed by atoms with Crippen molar-refractivity contribution < 1.29 is 13.2 Å². The van der Waals surface area contributed by atoms with Gasteiger partial charge in [-0.3, -0.25) is 4.90 Å². The fourth-order valence-corrected chi connectivity index (χ4v) is 2.37. The van der Waals surface area contributed by atoms with E-state index in [2.05, 4.69) is 4.98 Å². The summed E-state index contributed by atoms with van der Waals surface area (Å²) in [6.45, 7) is 1.47. The van der Waals surface area contributed by atoms with Gasteiger partial charge in [-0.25, -0.2) is 4.98 Å². The van der Waals surface area contributed by atoms with Gasteiger partial charge in [0.15, 0.2) is 0 Å². The maximum atomic E-state index is 12.5. The summed E-state index contributed by atoms with van der Waals surface area (Å²) in [5, 5.41) is 0.415. The van der Waals surface area contributed by atoms with Crippen molar-refractivity contribution in [3.05, 3.63) is 29.0 Å². The first-order valence-corrected chi connectivity index (χ1v) is 6.23. The van der Waals surface area contributed by atoms with Crippen LogP contribution in [0.1, 0.15) is 18.5 Å². The number of alkyl halides is 3. The number of piperidine rings is 1. The van der Waals surface area contributed by atoms with E-state index in [-0.39, 0.29) is 12.8 Å². The molecular weight excluding hydrogens is 265 g/mol. The third kappa shape index (κ3) is 3.59. The molecule has 1 saturated heterocycles. The Kier molecular flexibility index (Phi) is 4.12. The average Bonchev–Trinajstić information content (AvgIpc) is 2.28. The van der Waals surface area contributed by atoms with E-state index in [0.717, 1.165) is 5.69 Å². The standard InChI is InChI=1S/C12H14ClF3N2/c13-11-3-1-2-10(17-11)8-18-6-4-9(5-7-18)12(14,15)16/h1-3,9H,4-8H2.